The minimum absolute atomic E-state index is 0.139. The average molecular weight is 294 g/mol. The lowest BCUT2D eigenvalue weighted by Gasteiger charge is -2.40. The third-order valence-corrected chi connectivity index (χ3v) is 5.98. The van der Waals surface area contributed by atoms with E-state index >= 15 is 0 Å². The van der Waals surface area contributed by atoms with Gasteiger partial charge in [0.25, 0.3) is 0 Å². The lowest BCUT2D eigenvalue weighted by molar-refractivity contribution is -0.00453. The van der Waals surface area contributed by atoms with Gasteiger partial charge in [-0.05, 0) is 46.5 Å². The molecule has 3 saturated heterocycles. The highest BCUT2D eigenvalue weighted by molar-refractivity contribution is 5.71. The molecule has 4 aliphatic rings. The second-order valence-corrected chi connectivity index (χ2v) is 8.25. The molecule has 6 unspecified atom stereocenters. The highest BCUT2D eigenvalue weighted by Crippen LogP contribution is 2.61. The van der Waals surface area contributed by atoms with Gasteiger partial charge < -0.3 is 15.2 Å². The van der Waals surface area contributed by atoms with Gasteiger partial charge in [0.2, 0.25) is 0 Å². The van der Waals surface area contributed by atoms with Gasteiger partial charge in [-0.15, -0.1) is 0 Å². The van der Waals surface area contributed by atoms with Crippen molar-refractivity contribution in [3.63, 3.8) is 0 Å². The van der Waals surface area contributed by atoms with Crippen molar-refractivity contribution in [2.45, 2.75) is 75.8 Å². The Kier molecular flexibility index (Phi) is 2.72. The van der Waals surface area contributed by atoms with Crippen LogP contribution >= 0.6 is 0 Å². The summed E-state index contributed by atoms with van der Waals surface area (Å²) in [6, 6.07) is 0.455. The number of hydrogen-bond acceptors (Lipinski definition) is 4. The van der Waals surface area contributed by atoms with Crippen molar-refractivity contribution < 1.29 is 14.3 Å². The molecule has 4 rings (SSSR count). The van der Waals surface area contributed by atoms with Crippen LogP contribution in [0.25, 0.3) is 0 Å². The number of hydrogen-bond donors (Lipinski definition) is 1. The molecule has 0 aromatic heterocycles. The minimum atomic E-state index is -0.456. The Bertz CT molecular complexity index is 475. The van der Waals surface area contributed by atoms with Gasteiger partial charge >= 0.3 is 6.09 Å². The number of nitrogens with two attached hydrogens (primary N) is 1. The second-order valence-electron chi connectivity index (χ2n) is 8.25. The summed E-state index contributed by atoms with van der Waals surface area (Å²) in [6.07, 6.45) is 4.27. The molecular weight excluding hydrogens is 268 g/mol. The van der Waals surface area contributed by atoms with E-state index in [0.717, 1.165) is 25.7 Å². The summed E-state index contributed by atoms with van der Waals surface area (Å²) < 4.78 is 11.7. The molecule has 6 atom stereocenters. The summed E-state index contributed by atoms with van der Waals surface area (Å²) >= 11 is 0. The fourth-order valence-electron chi connectivity index (χ4n) is 5.45. The second kappa shape index (κ2) is 4.13. The first-order chi connectivity index (χ1) is 9.83. The molecule has 5 nitrogen and oxygen atoms in total. The number of ether oxygens (including phenoxy) is 2. The number of fused-ring (bicyclic) bond motifs is 2. The lowest BCUT2D eigenvalue weighted by Crippen LogP contribution is -2.51. The van der Waals surface area contributed by atoms with Crippen molar-refractivity contribution in [1.29, 1.82) is 0 Å². The summed E-state index contributed by atoms with van der Waals surface area (Å²) in [6.45, 7) is 6.44. The molecule has 1 saturated carbocycles. The average Bonchev–Trinajstić information content (AvgIpc) is 3.00. The molecule has 3 aliphatic heterocycles. The molecule has 118 valence electrons. The van der Waals surface area contributed by atoms with Gasteiger partial charge in [-0.25, -0.2) is 4.79 Å². The van der Waals surface area contributed by atoms with Crippen LogP contribution in [0.5, 0.6) is 0 Å². The van der Waals surface area contributed by atoms with Crippen molar-refractivity contribution in [1.82, 2.24) is 4.90 Å². The highest BCUT2D eigenvalue weighted by Gasteiger charge is 2.71. The zero-order valence-electron chi connectivity index (χ0n) is 13.2. The van der Waals surface area contributed by atoms with Crippen LogP contribution in [0.3, 0.4) is 0 Å². The molecule has 4 fully saturated rings. The van der Waals surface area contributed by atoms with E-state index in [4.69, 9.17) is 15.2 Å². The first kappa shape index (κ1) is 13.8. The number of amides is 1. The molecule has 1 amide bonds. The monoisotopic (exact) mass is 294 g/mol. The number of rotatable bonds is 0. The molecule has 1 spiro atoms. The molecule has 2 N–H and O–H groups in total. The molecule has 21 heavy (non-hydrogen) atoms. The van der Waals surface area contributed by atoms with Gasteiger partial charge in [0.15, 0.2) is 0 Å². The number of carbonyl (C=O) groups excluding carboxylic acids is 1. The van der Waals surface area contributed by atoms with Crippen molar-refractivity contribution in [3.8, 4) is 0 Å². The van der Waals surface area contributed by atoms with E-state index in [1.54, 1.807) is 0 Å². The SMILES string of the molecule is CC(C)(C)OC(=O)N1C2CCC13COC1CCC(N)C2C13. The fraction of sp³-hybridized carbons (Fsp3) is 0.938. The van der Waals surface area contributed by atoms with E-state index in [1.807, 2.05) is 25.7 Å². The largest absolute Gasteiger partial charge is 0.444 e. The maximum atomic E-state index is 12.8. The summed E-state index contributed by atoms with van der Waals surface area (Å²) in [7, 11) is 0. The molecule has 0 aromatic carbocycles. The molecule has 0 aromatic rings. The predicted molar refractivity (Wildman–Crippen MR) is 77.8 cm³/mol. The van der Waals surface area contributed by atoms with Crippen molar-refractivity contribution in [3.05, 3.63) is 0 Å². The Hall–Kier alpha value is -0.810. The molecule has 2 bridgehead atoms. The third kappa shape index (κ3) is 1.73. The van der Waals surface area contributed by atoms with Crippen LogP contribution in [0, 0.1) is 11.8 Å². The van der Waals surface area contributed by atoms with Crippen LogP contribution in [-0.4, -0.2) is 46.9 Å². The van der Waals surface area contributed by atoms with Gasteiger partial charge in [-0.2, -0.15) is 0 Å². The Labute approximate surface area is 126 Å². The smallest absolute Gasteiger partial charge is 0.411 e. The molecular formula is C16H26N2O3. The Morgan fingerprint density at radius 1 is 1.33 bits per heavy atom. The van der Waals surface area contributed by atoms with E-state index in [1.165, 1.54) is 0 Å². The van der Waals surface area contributed by atoms with Gasteiger partial charge in [0, 0.05) is 23.9 Å². The standard InChI is InChI=1S/C16H26N2O3/c1-15(2,3)21-14(19)18-10-6-7-16(18)8-20-11-5-4-9(17)12(10)13(11)16/h9-13H,4-8,17H2,1-3H3. The quantitative estimate of drug-likeness (QED) is 0.741. The summed E-state index contributed by atoms with van der Waals surface area (Å²) in [5.74, 6) is 0.819. The van der Waals surface area contributed by atoms with Crippen molar-refractivity contribution >= 4 is 6.09 Å². The Morgan fingerprint density at radius 3 is 2.81 bits per heavy atom. The maximum absolute atomic E-state index is 12.8. The number of nitrogens with zero attached hydrogens (tertiary/aromatic N) is 1. The van der Waals surface area contributed by atoms with Crippen molar-refractivity contribution in [2.24, 2.45) is 17.6 Å². The Balaban J connectivity index is 1.69. The lowest BCUT2D eigenvalue weighted by atomic mass is 9.64. The molecule has 1 aliphatic carbocycles. The zero-order valence-corrected chi connectivity index (χ0v) is 13.2. The van der Waals surface area contributed by atoms with Gasteiger partial charge in [0.1, 0.15) is 5.60 Å². The van der Waals surface area contributed by atoms with Crippen LogP contribution < -0.4 is 5.73 Å². The maximum Gasteiger partial charge on any atom is 0.411 e. The molecule has 3 heterocycles. The van der Waals surface area contributed by atoms with Crippen LogP contribution in [0.2, 0.25) is 0 Å². The molecule has 5 heteroatoms. The van der Waals surface area contributed by atoms with Crippen LogP contribution in [0.4, 0.5) is 4.79 Å². The third-order valence-electron chi connectivity index (χ3n) is 5.98. The summed E-state index contributed by atoms with van der Waals surface area (Å²) in [5.41, 5.74) is 5.82. The number of carbonyl (C=O) groups is 1. The van der Waals surface area contributed by atoms with E-state index in [0.29, 0.717) is 24.5 Å². The zero-order chi connectivity index (χ0) is 15.0. The molecule has 0 radical (unpaired) electrons. The predicted octanol–water partition coefficient (Wildman–Crippen LogP) is 1.89. The van der Waals surface area contributed by atoms with E-state index in [9.17, 15) is 4.79 Å². The normalized spacial score (nSPS) is 47.6. The Morgan fingerprint density at radius 2 is 2.10 bits per heavy atom. The first-order valence-corrected chi connectivity index (χ1v) is 8.23. The summed E-state index contributed by atoms with van der Waals surface area (Å²) in [4.78, 5) is 14.8. The minimum Gasteiger partial charge on any atom is -0.444 e. The van der Waals surface area contributed by atoms with E-state index < -0.39 is 5.60 Å². The topological polar surface area (TPSA) is 64.8 Å². The van der Waals surface area contributed by atoms with E-state index in [2.05, 4.69) is 0 Å². The highest BCUT2D eigenvalue weighted by atomic mass is 16.6. The first-order valence-electron chi connectivity index (χ1n) is 8.23. The summed E-state index contributed by atoms with van der Waals surface area (Å²) in [5, 5.41) is 0. The van der Waals surface area contributed by atoms with Crippen molar-refractivity contribution in [2.75, 3.05) is 6.61 Å². The van der Waals surface area contributed by atoms with Gasteiger partial charge in [-0.3, -0.25) is 4.90 Å². The fourth-order valence-corrected chi connectivity index (χ4v) is 5.45. The van der Waals surface area contributed by atoms with Crippen LogP contribution in [0.1, 0.15) is 46.5 Å². The van der Waals surface area contributed by atoms with Gasteiger partial charge in [-0.1, -0.05) is 0 Å². The van der Waals surface area contributed by atoms with Crippen LogP contribution in [-0.2, 0) is 9.47 Å². The van der Waals surface area contributed by atoms with Crippen LogP contribution in [0.15, 0.2) is 0 Å². The van der Waals surface area contributed by atoms with E-state index in [-0.39, 0.29) is 23.7 Å². The van der Waals surface area contributed by atoms with Gasteiger partial charge in [0.05, 0.1) is 18.2 Å².